The van der Waals surface area contributed by atoms with Gasteiger partial charge in [0.2, 0.25) is 0 Å². The van der Waals surface area contributed by atoms with Gasteiger partial charge in [-0.25, -0.2) is 0 Å². The topological polar surface area (TPSA) is 22.8 Å². The number of aromatic nitrogens is 3. The lowest BCUT2D eigenvalue weighted by Gasteiger charge is -2.00. The summed E-state index contributed by atoms with van der Waals surface area (Å²) in [6.07, 6.45) is 1.88. The van der Waals surface area contributed by atoms with E-state index in [-0.39, 0.29) is 0 Å². The lowest BCUT2D eigenvalue weighted by molar-refractivity contribution is 1.01. The minimum absolute atomic E-state index is 1.09. The first-order chi connectivity index (χ1) is 10.8. The van der Waals surface area contributed by atoms with Gasteiger partial charge in [0.05, 0.1) is 16.6 Å². The summed E-state index contributed by atoms with van der Waals surface area (Å²) in [6, 6.07) is 17.2. The zero-order valence-electron chi connectivity index (χ0n) is 12.5. The minimum Gasteiger partial charge on any atom is -0.344 e. The Labute approximate surface area is 127 Å². The van der Waals surface area contributed by atoms with Crippen molar-refractivity contribution in [1.82, 2.24) is 14.1 Å². The highest BCUT2D eigenvalue weighted by Gasteiger charge is 2.16. The molecule has 0 spiro atoms. The monoisotopic (exact) mass is 285 g/mol. The van der Waals surface area contributed by atoms with E-state index in [1.807, 2.05) is 12.3 Å². The molecule has 0 aliphatic carbocycles. The SMILES string of the molecule is Cn1c2ccccc2c2c3c4ncccc4n(C)c3ccc21. The summed E-state index contributed by atoms with van der Waals surface area (Å²) < 4.78 is 4.50. The zero-order valence-corrected chi connectivity index (χ0v) is 12.5. The van der Waals surface area contributed by atoms with Crippen molar-refractivity contribution in [2.75, 3.05) is 0 Å². The molecule has 3 heteroatoms. The Hall–Kier alpha value is -2.81. The smallest absolute Gasteiger partial charge is 0.0966 e. The van der Waals surface area contributed by atoms with E-state index >= 15 is 0 Å². The third-order valence-electron chi connectivity index (χ3n) is 4.80. The summed E-state index contributed by atoms with van der Waals surface area (Å²) in [7, 11) is 4.25. The summed E-state index contributed by atoms with van der Waals surface area (Å²) in [6.45, 7) is 0. The molecule has 0 aliphatic rings. The van der Waals surface area contributed by atoms with Crippen LogP contribution in [-0.4, -0.2) is 14.1 Å². The van der Waals surface area contributed by atoms with Crippen molar-refractivity contribution in [2.24, 2.45) is 14.1 Å². The Bertz CT molecular complexity index is 1100. The zero-order chi connectivity index (χ0) is 14.8. The second kappa shape index (κ2) is 3.89. The van der Waals surface area contributed by atoms with E-state index in [1.165, 1.54) is 38.2 Å². The summed E-state index contributed by atoms with van der Waals surface area (Å²) in [4.78, 5) is 4.67. The van der Waals surface area contributed by atoms with Crippen LogP contribution in [0.1, 0.15) is 0 Å². The van der Waals surface area contributed by atoms with E-state index in [9.17, 15) is 0 Å². The quantitative estimate of drug-likeness (QED) is 0.414. The van der Waals surface area contributed by atoms with Crippen LogP contribution in [0.4, 0.5) is 0 Å². The summed E-state index contributed by atoms with van der Waals surface area (Å²) in [5.74, 6) is 0. The van der Waals surface area contributed by atoms with Gasteiger partial charge in [-0.15, -0.1) is 0 Å². The molecule has 22 heavy (non-hydrogen) atoms. The molecule has 0 atom stereocenters. The van der Waals surface area contributed by atoms with E-state index in [1.54, 1.807) is 0 Å². The minimum atomic E-state index is 1.09. The van der Waals surface area contributed by atoms with E-state index in [4.69, 9.17) is 0 Å². The average molecular weight is 285 g/mol. The molecule has 0 aliphatic heterocycles. The summed E-state index contributed by atoms with van der Waals surface area (Å²) >= 11 is 0. The molecular formula is C19H15N3. The van der Waals surface area contributed by atoms with Crippen LogP contribution in [0, 0.1) is 0 Å². The average Bonchev–Trinajstić information content (AvgIpc) is 3.02. The Morgan fingerprint density at radius 2 is 1.36 bits per heavy atom. The fraction of sp³-hybridized carbons (Fsp3) is 0.105. The van der Waals surface area contributed by atoms with Gasteiger partial charge in [0.25, 0.3) is 0 Å². The van der Waals surface area contributed by atoms with Gasteiger partial charge in [-0.1, -0.05) is 18.2 Å². The standard InChI is InChI=1S/C19H15N3/c1-21-13-7-4-3-6-12(13)17-14(21)9-10-15-18(17)19-16(22(15)2)8-5-11-20-19/h3-11H,1-2H3. The van der Waals surface area contributed by atoms with Crippen molar-refractivity contribution in [3.05, 3.63) is 54.7 Å². The first-order valence-electron chi connectivity index (χ1n) is 7.46. The number of aryl methyl sites for hydroxylation is 2. The molecule has 0 unspecified atom stereocenters. The number of nitrogens with zero attached hydrogens (tertiary/aromatic N) is 3. The number of fused-ring (bicyclic) bond motifs is 7. The normalized spacial score (nSPS) is 12.1. The lowest BCUT2D eigenvalue weighted by atomic mass is 10.1. The van der Waals surface area contributed by atoms with Crippen molar-refractivity contribution in [2.45, 2.75) is 0 Å². The van der Waals surface area contributed by atoms with Gasteiger partial charge in [-0.2, -0.15) is 0 Å². The van der Waals surface area contributed by atoms with Crippen LogP contribution in [0.5, 0.6) is 0 Å². The molecule has 0 saturated carbocycles. The van der Waals surface area contributed by atoms with Gasteiger partial charge < -0.3 is 9.13 Å². The number of hydrogen-bond acceptors (Lipinski definition) is 1. The van der Waals surface area contributed by atoms with Crippen LogP contribution < -0.4 is 0 Å². The van der Waals surface area contributed by atoms with Crippen LogP contribution in [0.25, 0.3) is 43.7 Å². The third-order valence-corrected chi connectivity index (χ3v) is 4.80. The fourth-order valence-electron chi connectivity index (χ4n) is 3.75. The molecule has 0 radical (unpaired) electrons. The molecule has 5 aromatic rings. The summed E-state index contributed by atoms with van der Waals surface area (Å²) in [5, 5.41) is 3.86. The second-order valence-electron chi connectivity index (χ2n) is 5.86. The Kier molecular flexibility index (Phi) is 2.09. The van der Waals surface area contributed by atoms with Crippen LogP contribution in [-0.2, 0) is 14.1 Å². The molecule has 3 nitrogen and oxygen atoms in total. The first kappa shape index (κ1) is 11.8. The van der Waals surface area contributed by atoms with E-state index in [0.717, 1.165) is 5.52 Å². The maximum atomic E-state index is 4.67. The predicted molar refractivity (Wildman–Crippen MR) is 92.2 cm³/mol. The van der Waals surface area contributed by atoms with Crippen molar-refractivity contribution in [3.63, 3.8) is 0 Å². The molecule has 3 heterocycles. The molecular weight excluding hydrogens is 270 g/mol. The van der Waals surface area contributed by atoms with Gasteiger partial charge >= 0.3 is 0 Å². The number of para-hydroxylation sites is 1. The van der Waals surface area contributed by atoms with Gasteiger partial charge in [0.15, 0.2) is 0 Å². The summed E-state index contributed by atoms with van der Waals surface area (Å²) in [5.41, 5.74) is 6.02. The molecule has 0 amide bonds. The fourth-order valence-corrected chi connectivity index (χ4v) is 3.75. The molecule has 0 saturated heterocycles. The van der Waals surface area contributed by atoms with E-state index in [0.29, 0.717) is 0 Å². The molecule has 0 fully saturated rings. The molecule has 3 aromatic heterocycles. The number of benzene rings is 2. The van der Waals surface area contributed by atoms with E-state index in [2.05, 4.69) is 70.7 Å². The van der Waals surface area contributed by atoms with E-state index < -0.39 is 0 Å². The molecule has 0 N–H and O–H groups in total. The van der Waals surface area contributed by atoms with Crippen molar-refractivity contribution in [1.29, 1.82) is 0 Å². The maximum absolute atomic E-state index is 4.67. The number of hydrogen-bond donors (Lipinski definition) is 0. The van der Waals surface area contributed by atoms with Gasteiger partial charge in [0, 0.05) is 47.5 Å². The highest BCUT2D eigenvalue weighted by atomic mass is 15.0. The van der Waals surface area contributed by atoms with Crippen LogP contribution in [0.3, 0.4) is 0 Å². The van der Waals surface area contributed by atoms with Crippen LogP contribution >= 0.6 is 0 Å². The highest BCUT2D eigenvalue weighted by molar-refractivity contribution is 6.27. The molecule has 106 valence electrons. The first-order valence-corrected chi connectivity index (χ1v) is 7.46. The lowest BCUT2D eigenvalue weighted by Crippen LogP contribution is -1.87. The van der Waals surface area contributed by atoms with Gasteiger partial charge in [-0.3, -0.25) is 4.98 Å². The molecule has 2 aromatic carbocycles. The highest BCUT2D eigenvalue weighted by Crippen LogP contribution is 2.38. The number of rotatable bonds is 0. The van der Waals surface area contributed by atoms with Crippen LogP contribution in [0.15, 0.2) is 54.7 Å². The van der Waals surface area contributed by atoms with Gasteiger partial charge in [0.1, 0.15) is 0 Å². The second-order valence-corrected chi connectivity index (χ2v) is 5.86. The predicted octanol–water partition coefficient (Wildman–Crippen LogP) is 4.37. The Balaban J connectivity index is 2.22. The molecule has 0 bridgehead atoms. The van der Waals surface area contributed by atoms with Crippen molar-refractivity contribution in [3.8, 4) is 0 Å². The maximum Gasteiger partial charge on any atom is 0.0966 e. The van der Waals surface area contributed by atoms with Gasteiger partial charge in [-0.05, 0) is 30.3 Å². The third kappa shape index (κ3) is 1.24. The van der Waals surface area contributed by atoms with Crippen molar-refractivity contribution >= 4 is 43.7 Å². The Morgan fingerprint density at radius 3 is 2.23 bits per heavy atom. The van der Waals surface area contributed by atoms with Crippen molar-refractivity contribution < 1.29 is 0 Å². The Morgan fingerprint density at radius 1 is 0.682 bits per heavy atom. The number of pyridine rings is 1. The van der Waals surface area contributed by atoms with Crippen LogP contribution in [0.2, 0.25) is 0 Å². The molecule has 5 rings (SSSR count). The largest absolute Gasteiger partial charge is 0.344 e.